The summed E-state index contributed by atoms with van der Waals surface area (Å²) in [4.78, 5) is 0. The molecule has 1 rings (SSSR count). The smallest absolute Gasteiger partial charge is 0.401 e. The third-order valence-electron chi connectivity index (χ3n) is 1.79. The molecule has 3 nitrogen and oxygen atoms in total. The molecule has 0 radical (unpaired) electrons. The molecule has 0 aliphatic heterocycles. The first kappa shape index (κ1) is 14.0. The van der Waals surface area contributed by atoms with Crippen LogP contribution in [0.2, 0.25) is 0 Å². The van der Waals surface area contributed by atoms with E-state index in [0.717, 1.165) is 0 Å². The molecule has 0 spiro atoms. The Morgan fingerprint density at radius 1 is 1.44 bits per heavy atom. The van der Waals surface area contributed by atoms with Gasteiger partial charge in [-0.15, -0.1) is 0 Å². The maximum Gasteiger partial charge on any atom is 0.401 e. The van der Waals surface area contributed by atoms with Crippen LogP contribution in [0, 0.1) is 0 Å². The van der Waals surface area contributed by atoms with Crippen LogP contribution in [-0.2, 0) is 0 Å². The fraction of sp³-hybridized carbons (Fsp3) is 0.500. The normalized spacial score (nSPS) is 14.1. The zero-order valence-corrected chi connectivity index (χ0v) is 11.1. The Hall–Kier alpha value is -0.0500. The maximum absolute atomic E-state index is 12.0. The van der Waals surface area contributed by atoms with E-state index in [1.165, 1.54) is 0 Å². The first-order chi connectivity index (χ1) is 7.33. The van der Waals surface area contributed by atoms with E-state index in [9.17, 15) is 13.2 Å². The van der Waals surface area contributed by atoms with E-state index in [-0.39, 0.29) is 6.54 Å². The van der Waals surface area contributed by atoms with Gasteiger partial charge in [0.25, 0.3) is 0 Å². The maximum atomic E-state index is 12.0. The molecule has 1 aromatic rings. The average Bonchev–Trinajstić information content (AvgIpc) is 2.46. The predicted molar refractivity (Wildman–Crippen MR) is 60.0 cm³/mol. The van der Waals surface area contributed by atoms with Crippen LogP contribution >= 0.6 is 31.9 Å². The van der Waals surface area contributed by atoms with Crippen molar-refractivity contribution in [3.63, 3.8) is 0 Å². The summed E-state index contributed by atoms with van der Waals surface area (Å²) in [5, 5.41) is 2.28. The van der Waals surface area contributed by atoms with Gasteiger partial charge in [-0.05, 0) is 37.9 Å². The van der Waals surface area contributed by atoms with Crippen LogP contribution < -0.4 is 11.1 Å². The van der Waals surface area contributed by atoms with Gasteiger partial charge >= 0.3 is 6.18 Å². The number of halogens is 5. The van der Waals surface area contributed by atoms with Gasteiger partial charge in [-0.3, -0.25) is 5.32 Å². The van der Waals surface area contributed by atoms with E-state index in [2.05, 4.69) is 37.2 Å². The zero-order valence-electron chi connectivity index (χ0n) is 7.94. The molecule has 0 amide bonds. The van der Waals surface area contributed by atoms with E-state index in [1.807, 2.05) is 0 Å². The number of nitrogens with one attached hydrogen (secondary N) is 1. The molecule has 1 unspecified atom stereocenters. The number of alkyl halides is 3. The van der Waals surface area contributed by atoms with Crippen molar-refractivity contribution in [2.75, 3.05) is 13.1 Å². The summed E-state index contributed by atoms with van der Waals surface area (Å²) in [5.74, 6) is 0.352. The fourth-order valence-electron chi connectivity index (χ4n) is 1.07. The van der Waals surface area contributed by atoms with Crippen LogP contribution in [0.3, 0.4) is 0 Å². The van der Waals surface area contributed by atoms with Crippen molar-refractivity contribution >= 4 is 31.9 Å². The van der Waals surface area contributed by atoms with Gasteiger partial charge in [-0.1, -0.05) is 0 Å². The van der Waals surface area contributed by atoms with E-state index in [0.29, 0.717) is 14.9 Å². The predicted octanol–water partition coefficient (Wildman–Crippen LogP) is 2.96. The number of hydrogen-bond acceptors (Lipinski definition) is 3. The minimum atomic E-state index is -4.27. The number of furan rings is 1. The molecule has 16 heavy (non-hydrogen) atoms. The number of hydrogen-bond donors (Lipinski definition) is 2. The van der Waals surface area contributed by atoms with Gasteiger partial charge in [0.15, 0.2) is 4.67 Å². The van der Waals surface area contributed by atoms with Crippen LogP contribution in [0.25, 0.3) is 0 Å². The average molecular weight is 366 g/mol. The summed E-state index contributed by atoms with van der Waals surface area (Å²) in [5.41, 5.74) is 5.37. The van der Waals surface area contributed by atoms with Gasteiger partial charge in [-0.2, -0.15) is 13.2 Å². The standard InChI is InChI=1S/C8H9Br2F3N2O/c9-4-1-6(16-7(4)10)5(2-14)15-3-8(11,12)13/h1,5,15H,2-3,14H2. The van der Waals surface area contributed by atoms with Crippen LogP contribution in [0.15, 0.2) is 19.6 Å². The quantitative estimate of drug-likeness (QED) is 0.862. The molecule has 0 fully saturated rings. The number of nitrogens with two attached hydrogens (primary N) is 1. The van der Waals surface area contributed by atoms with Crippen molar-refractivity contribution in [1.29, 1.82) is 0 Å². The second kappa shape index (κ2) is 5.52. The molecule has 92 valence electrons. The third kappa shape index (κ3) is 4.08. The van der Waals surface area contributed by atoms with Crippen LogP contribution in [-0.4, -0.2) is 19.3 Å². The first-order valence-corrected chi connectivity index (χ1v) is 5.87. The van der Waals surface area contributed by atoms with Crippen molar-refractivity contribution in [2.45, 2.75) is 12.2 Å². The Morgan fingerprint density at radius 3 is 2.44 bits per heavy atom. The molecule has 0 saturated heterocycles. The topological polar surface area (TPSA) is 51.2 Å². The molecule has 0 saturated carbocycles. The fourth-order valence-corrected chi connectivity index (χ4v) is 1.68. The molecule has 0 bridgehead atoms. The highest BCUT2D eigenvalue weighted by atomic mass is 79.9. The highest BCUT2D eigenvalue weighted by molar-refractivity contribution is 9.13. The summed E-state index contributed by atoms with van der Waals surface area (Å²) in [6, 6.07) is 0.912. The van der Waals surface area contributed by atoms with E-state index >= 15 is 0 Å². The molecule has 0 aliphatic rings. The van der Waals surface area contributed by atoms with Gasteiger partial charge in [-0.25, -0.2) is 0 Å². The Bertz CT molecular complexity index is 334. The summed E-state index contributed by atoms with van der Waals surface area (Å²) in [7, 11) is 0. The van der Waals surface area contributed by atoms with Crippen LogP contribution in [0.5, 0.6) is 0 Å². The van der Waals surface area contributed by atoms with Crippen molar-refractivity contribution < 1.29 is 17.6 Å². The van der Waals surface area contributed by atoms with Gasteiger partial charge < -0.3 is 10.2 Å². The van der Waals surface area contributed by atoms with E-state index in [1.54, 1.807) is 6.07 Å². The monoisotopic (exact) mass is 364 g/mol. The van der Waals surface area contributed by atoms with E-state index < -0.39 is 18.8 Å². The molecule has 1 heterocycles. The number of rotatable bonds is 4. The van der Waals surface area contributed by atoms with Crippen molar-refractivity contribution in [3.05, 3.63) is 21.0 Å². The lowest BCUT2D eigenvalue weighted by Crippen LogP contribution is -2.35. The lowest BCUT2D eigenvalue weighted by molar-refractivity contribution is -0.126. The van der Waals surface area contributed by atoms with Gasteiger partial charge in [0.2, 0.25) is 0 Å². The molecule has 8 heteroatoms. The third-order valence-corrected chi connectivity index (χ3v) is 3.50. The minimum absolute atomic E-state index is 0.0163. The Morgan fingerprint density at radius 2 is 2.06 bits per heavy atom. The lowest BCUT2D eigenvalue weighted by atomic mass is 10.2. The summed E-state index contributed by atoms with van der Waals surface area (Å²) in [6.45, 7) is -1.09. The second-order valence-corrected chi connectivity index (χ2v) is 4.63. The summed E-state index contributed by atoms with van der Waals surface area (Å²) < 4.78 is 42.3. The molecular formula is C8H9Br2F3N2O. The largest absolute Gasteiger partial charge is 0.451 e. The Labute approximate surface area is 107 Å². The molecule has 0 aromatic carbocycles. The van der Waals surface area contributed by atoms with Crippen molar-refractivity contribution in [2.24, 2.45) is 5.73 Å². The van der Waals surface area contributed by atoms with Crippen LogP contribution in [0.1, 0.15) is 11.8 Å². The van der Waals surface area contributed by atoms with Crippen molar-refractivity contribution in [3.8, 4) is 0 Å². The highest BCUT2D eigenvalue weighted by Gasteiger charge is 2.29. The SMILES string of the molecule is NCC(NCC(F)(F)F)c1cc(Br)c(Br)o1. The second-order valence-electron chi connectivity index (χ2n) is 3.05. The highest BCUT2D eigenvalue weighted by Crippen LogP contribution is 2.30. The van der Waals surface area contributed by atoms with Crippen LogP contribution in [0.4, 0.5) is 13.2 Å². The molecular weight excluding hydrogens is 357 g/mol. The summed E-state index contributed by atoms with van der Waals surface area (Å²) in [6.07, 6.45) is -4.27. The zero-order chi connectivity index (χ0) is 12.3. The first-order valence-electron chi connectivity index (χ1n) is 4.28. The molecule has 3 N–H and O–H groups in total. The molecule has 0 aliphatic carbocycles. The van der Waals surface area contributed by atoms with Crippen molar-refractivity contribution in [1.82, 2.24) is 5.32 Å². The van der Waals surface area contributed by atoms with E-state index in [4.69, 9.17) is 10.2 Å². The lowest BCUT2D eigenvalue weighted by Gasteiger charge is -2.15. The molecule has 1 aromatic heterocycles. The van der Waals surface area contributed by atoms with Gasteiger partial charge in [0.1, 0.15) is 5.76 Å². The van der Waals surface area contributed by atoms with Gasteiger partial charge in [0, 0.05) is 6.54 Å². The Kier molecular flexibility index (Phi) is 4.84. The summed E-state index contributed by atoms with van der Waals surface area (Å²) >= 11 is 6.27. The molecule has 1 atom stereocenters. The van der Waals surface area contributed by atoms with Gasteiger partial charge in [0.05, 0.1) is 17.1 Å². The Balaban J connectivity index is 2.68. The minimum Gasteiger partial charge on any atom is -0.451 e.